The first-order chi connectivity index (χ1) is 13.3. The summed E-state index contributed by atoms with van der Waals surface area (Å²) in [6.07, 6.45) is 5.19. The van der Waals surface area contributed by atoms with Gasteiger partial charge in [0.2, 0.25) is 0 Å². The maximum atomic E-state index is 10.9. The number of methoxy groups -OCH3 is 1. The van der Waals surface area contributed by atoms with Gasteiger partial charge in [-0.15, -0.1) is 0 Å². The quantitative estimate of drug-likeness (QED) is 0.549. The molecule has 0 saturated heterocycles. The van der Waals surface area contributed by atoms with Gasteiger partial charge >= 0.3 is 0 Å². The predicted molar refractivity (Wildman–Crippen MR) is 106 cm³/mol. The van der Waals surface area contributed by atoms with Gasteiger partial charge in [-0.3, -0.25) is 9.97 Å². The molecular formula is C22H19N3O2. The van der Waals surface area contributed by atoms with E-state index in [-0.39, 0.29) is 11.8 Å². The fourth-order valence-corrected chi connectivity index (χ4v) is 3.19. The van der Waals surface area contributed by atoms with Crippen LogP contribution in [0.3, 0.4) is 0 Å². The molecule has 0 bridgehead atoms. The van der Waals surface area contributed by atoms with Gasteiger partial charge in [0.05, 0.1) is 18.8 Å². The van der Waals surface area contributed by atoms with E-state index in [1.54, 1.807) is 25.7 Å². The van der Waals surface area contributed by atoms with Crippen molar-refractivity contribution in [2.24, 2.45) is 0 Å². The van der Waals surface area contributed by atoms with Gasteiger partial charge in [0, 0.05) is 29.5 Å². The average molecular weight is 357 g/mol. The largest absolute Gasteiger partial charge is 0.505 e. The first-order valence-corrected chi connectivity index (χ1v) is 8.64. The monoisotopic (exact) mass is 357 g/mol. The third-order valence-electron chi connectivity index (χ3n) is 4.51. The lowest BCUT2D eigenvalue weighted by molar-refractivity contribution is 0.416. The van der Waals surface area contributed by atoms with Gasteiger partial charge in [0.1, 0.15) is 17.0 Å². The summed E-state index contributed by atoms with van der Waals surface area (Å²) in [4.78, 5) is 8.58. The van der Waals surface area contributed by atoms with Crippen molar-refractivity contribution in [2.75, 3.05) is 12.4 Å². The lowest BCUT2D eigenvalue weighted by Gasteiger charge is -2.23. The number of aromatic nitrogens is 2. The summed E-state index contributed by atoms with van der Waals surface area (Å²) in [7, 11) is 1.64. The Kier molecular flexibility index (Phi) is 4.58. The molecule has 1 atom stereocenters. The molecule has 2 aromatic carbocycles. The summed E-state index contributed by atoms with van der Waals surface area (Å²) >= 11 is 0. The standard InChI is InChI=1S/C22H19N3O2/c1-27-19-9-3-2-8-18(19)25-20(16-7-4-12-23-14-16)17-11-10-15-6-5-13-24-21(15)22(17)26/h2-14,20,25-26H,1H3/t20-/m1/s1. The van der Waals surface area contributed by atoms with E-state index in [2.05, 4.69) is 15.3 Å². The molecule has 4 aromatic rings. The summed E-state index contributed by atoms with van der Waals surface area (Å²) in [6, 6.07) is 18.9. The molecule has 2 heterocycles. The SMILES string of the molecule is COc1ccccc1N[C@H](c1cccnc1)c1ccc2cccnc2c1O. The van der Waals surface area contributed by atoms with Crippen LogP contribution in [0.25, 0.3) is 10.9 Å². The molecule has 5 nitrogen and oxygen atoms in total. The second-order valence-electron chi connectivity index (χ2n) is 6.14. The zero-order valence-electron chi connectivity index (χ0n) is 14.8. The van der Waals surface area contributed by atoms with Crippen molar-refractivity contribution in [3.63, 3.8) is 0 Å². The topological polar surface area (TPSA) is 67.3 Å². The van der Waals surface area contributed by atoms with E-state index in [0.29, 0.717) is 5.52 Å². The van der Waals surface area contributed by atoms with E-state index in [9.17, 15) is 5.11 Å². The number of nitrogens with one attached hydrogen (secondary N) is 1. The van der Waals surface area contributed by atoms with E-state index in [4.69, 9.17) is 4.74 Å². The molecule has 134 valence electrons. The van der Waals surface area contributed by atoms with Crippen LogP contribution in [0.1, 0.15) is 17.2 Å². The molecule has 0 spiro atoms. The van der Waals surface area contributed by atoms with E-state index in [0.717, 1.165) is 28.0 Å². The molecular weight excluding hydrogens is 338 g/mol. The van der Waals surface area contributed by atoms with Crippen LogP contribution in [0, 0.1) is 0 Å². The van der Waals surface area contributed by atoms with Gasteiger partial charge < -0.3 is 15.2 Å². The van der Waals surface area contributed by atoms with Gasteiger partial charge in [-0.2, -0.15) is 0 Å². The minimum absolute atomic E-state index is 0.157. The summed E-state index contributed by atoms with van der Waals surface area (Å²) in [5.74, 6) is 0.883. The number of benzene rings is 2. The van der Waals surface area contributed by atoms with Gasteiger partial charge in [-0.25, -0.2) is 0 Å². The molecule has 0 unspecified atom stereocenters. The maximum absolute atomic E-state index is 10.9. The van der Waals surface area contributed by atoms with Gasteiger partial charge in [0.25, 0.3) is 0 Å². The Morgan fingerprint density at radius 3 is 2.63 bits per heavy atom. The lowest BCUT2D eigenvalue weighted by Crippen LogP contribution is -2.13. The fourth-order valence-electron chi connectivity index (χ4n) is 3.19. The summed E-state index contributed by atoms with van der Waals surface area (Å²) in [6.45, 7) is 0. The molecule has 0 fully saturated rings. The number of para-hydroxylation sites is 2. The number of phenols is 1. The number of nitrogens with zero attached hydrogens (tertiary/aromatic N) is 2. The van der Waals surface area contributed by atoms with Gasteiger partial charge in [0.15, 0.2) is 0 Å². The predicted octanol–water partition coefficient (Wildman–Crippen LogP) is 4.55. The van der Waals surface area contributed by atoms with Crippen LogP contribution in [0.5, 0.6) is 11.5 Å². The number of phenolic OH excluding ortho intramolecular Hbond substituents is 1. The van der Waals surface area contributed by atoms with Crippen LogP contribution in [-0.2, 0) is 0 Å². The van der Waals surface area contributed by atoms with Crippen LogP contribution in [0.2, 0.25) is 0 Å². The maximum Gasteiger partial charge on any atom is 0.147 e. The van der Waals surface area contributed by atoms with Gasteiger partial charge in [-0.1, -0.05) is 36.4 Å². The Morgan fingerprint density at radius 2 is 1.81 bits per heavy atom. The summed E-state index contributed by atoms with van der Waals surface area (Å²) in [5, 5.41) is 15.3. The first-order valence-electron chi connectivity index (χ1n) is 8.64. The number of hydrogen-bond donors (Lipinski definition) is 2. The highest BCUT2D eigenvalue weighted by Gasteiger charge is 2.21. The zero-order valence-corrected chi connectivity index (χ0v) is 14.8. The van der Waals surface area contributed by atoms with Crippen molar-refractivity contribution >= 4 is 16.6 Å². The number of hydrogen-bond acceptors (Lipinski definition) is 5. The molecule has 27 heavy (non-hydrogen) atoms. The van der Waals surface area contributed by atoms with Crippen molar-refractivity contribution < 1.29 is 9.84 Å². The van der Waals surface area contributed by atoms with Crippen molar-refractivity contribution in [1.82, 2.24) is 9.97 Å². The van der Waals surface area contributed by atoms with Crippen LogP contribution in [-0.4, -0.2) is 22.2 Å². The molecule has 0 saturated carbocycles. The molecule has 0 aliphatic rings. The van der Waals surface area contributed by atoms with Crippen molar-refractivity contribution in [1.29, 1.82) is 0 Å². The van der Waals surface area contributed by atoms with Gasteiger partial charge in [-0.05, 0) is 29.8 Å². The minimum Gasteiger partial charge on any atom is -0.505 e. The van der Waals surface area contributed by atoms with Crippen LogP contribution >= 0.6 is 0 Å². The summed E-state index contributed by atoms with van der Waals surface area (Å²) in [5.41, 5.74) is 3.05. The third-order valence-corrected chi connectivity index (χ3v) is 4.51. The number of anilines is 1. The highest BCUT2D eigenvalue weighted by Crippen LogP contribution is 2.37. The highest BCUT2D eigenvalue weighted by molar-refractivity contribution is 5.86. The fraction of sp³-hybridized carbons (Fsp3) is 0.0909. The van der Waals surface area contributed by atoms with Crippen LogP contribution in [0.4, 0.5) is 5.69 Å². The van der Waals surface area contributed by atoms with E-state index in [1.807, 2.05) is 60.7 Å². The molecule has 2 N–H and O–H groups in total. The van der Waals surface area contributed by atoms with E-state index >= 15 is 0 Å². The van der Waals surface area contributed by atoms with Crippen LogP contribution < -0.4 is 10.1 Å². The Morgan fingerprint density at radius 1 is 0.963 bits per heavy atom. The molecule has 4 rings (SSSR count). The highest BCUT2D eigenvalue weighted by atomic mass is 16.5. The molecule has 2 aromatic heterocycles. The second-order valence-corrected chi connectivity index (χ2v) is 6.14. The number of rotatable bonds is 5. The normalized spacial score (nSPS) is 11.9. The Hall–Kier alpha value is -3.60. The van der Waals surface area contributed by atoms with E-state index in [1.165, 1.54) is 0 Å². The summed E-state index contributed by atoms with van der Waals surface area (Å²) < 4.78 is 5.47. The Balaban J connectivity index is 1.85. The molecule has 0 aliphatic heterocycles. The molecule has 0 aliphatic carbocycles. The Labute approximate surface area is 157 Å². The van der Waals surface area contributed by atoms with Crippen molar-refractivity contribution in [3.05, 3.63) is 90.4 Å². The Bertz CT molecular complexity index is 1070. The third kappa shape index (κ3) is 3.27. The number of ether oxygens (including phenoxy) is 1. The number of aromatic hydroxyl groups is 1. The molecule has 5 heteroatoms. The van der Waals surface area contributed by atoms with Crippen LogP contribution in [0.15, 0.2) is 79.3 Å². The molecule has 0 amide bonds. The zero-order chi connectivity index (χ0) is 18.6. The second kappa shape index (κ2) is 7.33. The van der Waals surface area contributed by atoms with Crippen molar-refractivity contribution in [2.45, 2.75) is 6.04 Å². The number of fused-ring (bicyclic) bond motifs is 1. The lowest BCUT2D eigenvalue weighted by atomic mass is 9.97. The minimum atomic E-state index is -0.318. The van der Waals surface area contributed by atoms with E-state index < -0.39 is 0 Å². The molecule has 0 radical (unpaired) electrons. The smallest absolute Gasteiger partial charge is 0.147 e. The number of pyridine rings is 2. The van der Waals surface area contributed by atoms with Crippen molar-refractivity contribution in [3.8, 4) is 11.5 Å². The first kappa shape index (κ1) is 16.8. The average Bonchev–Trinajstić information content (AvgIpc) is 2.74.